The third-order valence-electron chi connectivity index (χ3n) is 2.76. The van der Waals surface area contributed by atoms with Crippen LogP contribution in [-0.2, 0) is 9.59 Å². The predicted octanol–water partition coefficient (Wildman–Crippen LogP) is 3.04. The SMILES string of the molecule is O=C(O)/C=C/c1cc2ccccc2cc1/C=C/C(=O)O. The molecule has 0 aliphatic heterocycles. The molecule has 0 radical (unpaired) electrons. The minimum atomic E-state index is -1.05. The molecule has 0 aromatic heterocycles. The lowest BCUT2D eigenvalue weighted by Gasteiger charge is -2.05. The third kappa shape index (κ3) is 3.32. The molecule has 2 aromatic carbocycles. The fourth-order valence-corrected chi connectivity index (χ4v) is 1.89. The number of carbonyl (C=O) groups is 2. The first kappa shape index (κ1) is 13.5. The van der Waals surface area contributed by atoms with Crippen molar-refractivity contribution in [3.8, 4) is 0 Å². The van der Waals surface area contributed by atoms with E-state index >= 15 is 0 Å². The van der Waals surface area contributed by atoms with Crippen LogP contribution in [0.4, 0.5) is 0 Å². The van der Waals surface area contributed by atoms with E-state index in [0.717, 1.165) is 22.9 Å². The van der Waals surface area contributed by atoms with E-state index in [9.17, 15) is 9.59 Å². The second-order valence-corrected chi connectivity index (χ2v) is 4.17. The second-order valence-electron chi connectivity index (χ2n) is 4.17. The Labute approximate surface area is 115 Å². The summed E-state index contributed by atoms with van der Waals surface area (Å²) in [7, 11) is 0. The number of aliphatic carboxylic acids is 2. The second kappa shape index (κ2) is 5.84. The van der Waals surface area contributed by atoms with Crippen LogP contribution in [0.2, 0.25) is 0 Å². The molecule has 0 aliphatic carbocycles. The average Bonchev–Trinajstić information content (AvgIpc) is 2.42. The number of rotatable bonds is 4. The van der Waals surface area contributed by atoms with Crippen molar-refractivity contribution in [1.29, 1.82) is 0 Å². The molecule has 0 amide bonds. The van der Waals surface area contributed by atoms with Gasteiger partial charge >= 0.3 is 11.9 Å². The number of carboxylic acids is 2. The predicted molar refractivity (Wildman–Crippen MR) is 77.3 cm³/mol. The standard InChI is InChI=1S/C16H12O4/c17-15(18)7-5-13-9-11-3-1-2-4-12(11)10-14(13)6-8-16(19)20/h1-10H,(H,17,18)(H,19,20)/b7-5+,8-6+. The largest absolute Gasteiger partial charge is 0.478 e. The topological polar surface area (TPSA) is 74.6 Å². The molecule has 2 N–H and O–H groups in total. The van der Waals surface area contributed by atoms with Crippen LogP contribution in [0.15, 0.2) is 48.6 Å². The molecule has 0 saturated carbocycles. The zero-order valence-electron chi connectivity index (χ0n) is 10.5. The first-order chi connectivity index (χ1) is 9.56. The molecule has 100 valence electrons. The van der Waals surface area contributed by atoms with Gasteiger partial charge in [-0.3, -0.25) is 0 Å². The van der Waals surface area contributed by atoms with Gasteiger partial charge < -0.3 is 10.2 Å². The number of hydrogen-bond donors (Lipinski definition) is 2. The van der Waals surface area contributed by atoms with Crippen molar-refractivity contribution in [2.75, 3.05) is 0 Å². The highest BCUT2D eigenvalue weighted by atomic mass is 16.4. The van der Waals surface area contributed by atoms with Crippen LogP contribution in [0, 0.1) is 0 Å². The monoisotopic (exact) mass is 268 g/mol. The highest BCUT2D eigenvalue weighted by molar-refractivity contribution is 5.93. The van der Waals surface area contributed by atoms with E-state index in [0.29, 0.717) is 11.1 Å². The maximum Gasteiger partial charge on any atom is 0.328 e. The van der Waals surface area contributed by atoms with Gasteiger partial charge in [-0.15, -0.1) is 0 Å². The zero-order chi connectivity index (χ0) is 14.5. The van der Waals surface area contributed by atoms with Crippen molar-refractivity contribution in [3.05, 3.63) is 59.7 Å². The molecule has 4 nitrogen and oxygen atoms in total. The molecule has 2 rings (SSSR count). The molecule has 0 bridgehead atoms. The Bertz CT molecular complexity index is 664. The highest BCUT2D eigenvalue weighted by Crippen LogP contribution is 2.22. The van der Waals surface area contributed by atoms with Gasteiger partial charge in [-0.25, -0.2) is 9.59 Å². The van der Waals surface area contributed by atoms with Gasteiger partial charge in [0.1, 0.15) is 0 Å². The van der Waals surface area contributed by atoms with E-state index in [4.69, 9.17) is 10.2 Å². The summed E-state index contributed by atoms with van der Waals surface area (Å²) < 4.78 is 0. The van der Waals surface area contributed by atoms with Gasteiger partial charge in [-0.2, -0.15) is 0 Å². The molecule has 0 saturated heterocycles. The minimum Gasteiger partial charge on any atom is -0.478 e. The van der Waals surface area contributed by atoms with Gasteiger partial charge in [0, 0.05) is 12.2 Å². The third-order valence-corrected chi connectivity index (χ3v) is 2.76. The molecule has 4 heteroatoms. The van der Waals surface area contributed by atoms with Crippen LogP contribution in [0.5, 0.6) is 0 Å². The summed E-state index contributed by atoms with van der Waals surface area (Å²) in [5.41, 5.74) is 1.31. The average molecular weight is 268 g/mol. The summed E-state index contributed by atoms with van der Waals surface area (Å²) >= 11 is 0. The number of hydrogen-bond acceptors (Lipinski definition) is 2. The lowest BCUT2D eigenvalue weighted by molar-refractivity contribution is -0.132. The zero-order valence-corrected chi connectivity index (χ0v) is 10.5. The van der Waals surface area contributed by atoms with Gasteiger partial charge in [-0.05, 0) is 46.2 Å². The fraction of sp³-hybridized carbons (Fsp3) is 0. The van der Waals surface area contributed by atoms with E-state index in [1.54, 1.807) is 0 Å². The number of fused-ring (bicyclic) bond motifs is 1. The molecule has 0 unspecified atom stereocenters. The van der Waals surface area contributed by atoms with Gasteiger partial charge in [0.25, 0.3) is 0 Å². The molecule has 2 aromatic rings. The maximum atomic E-state index is 10.6. The first-order valence-corrected chi connectivity index (χ1v) is 5.91. The quantitative estimate of drug-likeness (QED) is 0.836. The number of benzene rings is 2. The van der Waals surface area contributed by atoms with Crippen LogP contribution >= 0.6 is 0 Å². The summed E-state index contributed by atoms with van der Waals surface area (Å²) in [4.78, 5) is 21.2. The van der Waals surface area contributed by atoms with Crippen molar-refractivity contribution >= 4 is 34.9 Å². The minimum absolute atomic E-state index is 0.656. The van der Waals surface area contributed by atoms with E-state index < -0.39 is 11.9 Å². The molecular weight excluding hydrogens is 256 g/mol. The molecular formula is C16H12O4. The first-order valence-electron chi connectivity index (χ1n) is 5.91. The van der Waals surface area contributed by atoms with Crippen molar-refractivity contribution in [2.24, 2.45) is 0 Å². The molecule has 0 atom stereocenters. The fourth-order valence-electron chi connectivity index (χ4n) is 1.89. The Morgan fingerprint density at radius 3 is 1.55 bits per heavy atom. The van der Waals surface area contributed by atoms with Gasteiger partial charge in [0.05, 0.1) is 0 Å². The lowest BCUT2D eigenvalue weighted by Crippen LogP contribution is -1.90. The molecule has 20 heavy (non-hydrogen) atoms. The van der Waals surface area contributed by atoms with E-state index in [2.05, 4.69) is 0 Å². The summed E-state index contributed by atoms with van der Waals surface area (Å²) in [6.45, 7) is 0. The van der Waals surface area contributed by atoms with Crippen LogP contribution in [-0.4, -0.2) is 22.2 Å². The lowest BCUT2D eigenvalue weighted by atomic mass is 10.00. The summed E-state index contributed by atoms with van der Waals surface area (Å²) in [5, 5.41) is 19.3. The Balaban J connectivity index is 2.58. The van der Waals surface area contributed by atoms with Crippen LogP contribution in [0.25, 0.3) is 22.9 Å². The highest BCUT2D eigenvalue weighted by Gasteiger charge is 2.02. The smallest absolute Gasteiger partial charge is 0.328 e. The maximum absolute atomic E-state index is 10.6. The van der Waals surface area contributed by atoms with Crippen LogP contribution in [0.1, 0.15) is 11.1 Å². The Kier molecular flexibility index (Phi) is 3.96. The van der Waals surface area contributed by atoms with Crippen molar-refractivity contribution in [1.82, 2.24) is 0 Å². The Morgan fingerprint density at radius 1 is 0.800 bits per heavy atom. The van der Waals surface area contributed by atoms with E-state index in [1.165, 1.54) is 12.2 Å². The molecule has 0 fully saturated rings. The van der Waals surface area contributed by atoms with Gasteiger partial charge in [0.15, 0.2) is 0 Å². The van der Waals surface area contributed by atoms with Crippen molar-refractivity contribution < 1.29 is 19.8 Å². The van der Waals surface area contributed by atoms with Crippen molar-refractivity contribution in [3.63, 3.8) is 0 Å². The summed E-state index contributed by atoms with van der Waals surface area (Å²) in [6.07, 6.45) is 4.97. The molecule has 0 aliphatic rings. The van der Waals surface area contributed by atoms with E-state index in [-0.39, 0.29) is 0 Å². The van der Waals surface area contributed by atoms with Gasteiger partial charge in [0.2, 0.25) is 0 Å². The summed E-state index contributed by atoms with van der Waals surface area (Å²) in [5.74, 6) is -2.10. The Morgan fingerprint density at radius 2 is 1.20 bits per heavy atom. The van der Waals surface area contributed by atoms with Crippen LogP contribution < -0.4 is 0 Å². The van der Waals surface area contributed by atoms with Gasteiger partial charge in [-0.1, -0.05) is 24.3 Å². The number of carboxylic acid groups (broad SMARTS) is 2. The Hall–Kier alpha value is -2.88. The van der Waals surface area contributed by atoms with Crippen molar-refractivity contribution in [2.45, 2.75) is 0 Å². The molecule has 0 heterocycles. The normalized spacial score (nSPS) is 11.4. The molecule has 0 spiro atoms. The van der Waals surface area contributed by atoms with Crippen LogP contribution in [0.3, 0.4) is 0 Å². The van der Waals surface area contributed by atoms with E-state index in [1.807, 2.05) is 36.4 Å². The summed E-state index contributed by atoms with van der Waals surface area (Å²) in [6, 6.07) is 11.3.